The Hall–Kier alpha value is -2.24. The largest absolute Gasteiger partial charge is 0.273 e. The molecule has 1 aliphatic rings. The van der Waals surface area contributed by atoms with Gasteiger partial charge >= 0.3 is 0 Å². The Morgan fingerprint density at radius 1 is 1.09 bits per heavy atom. The normalized spacial score (nSPS) is 15.5. The maximum atomic E-state index is 11.9. The minimum atomic E-state index is -0.454. The molecule has 6 nitrogen and oxygen atoms in total. The summed E-state index contributed by atoms with van der Waals surface area (Å²) in [5, 5.41) is 14.8. The van der Waals surface area contributed by atoms with Gasteiger partial charge in [-0.25, -0.2) is 5.43 Å². The molecule has 0 saturated heterocycles. The second-order valence-corrected chi connectivity index (χ2v) is 5.58. The summed E-state index contributed by atoms with van der Waals surface area (Å²) in [5.74, 6) is -0.191. The molecule has 1 aromatic rings. The summed E-state index contributed by atoms with van der Waals surface area (Å²) in [4.78, 5) is 22.0. The van der Waals surface area contributed by atoms with Crippen LogP contribution >= 0.6 is 0 Å². The van der Waals surface area contributed by atoms with E-state index in [0.717, 1.165) is 37.0 Å². The van der Waals surface area contributed by atoms with Crippen LogP contribution in [-0.4, -0.2) is 16.5 Å². The van der Waals surface area contributed by atoms with Gasteiger partial charge in [0.25, 0.3) is 5.69 Å². The van der Waals surface area contributed by atoms with Gasteiger partial charge in [0, 0.05) is 17.8 Å². The van der Waals surface area contributed by atoms with Gasteiger partial charge in [-0.2, -0.15) is 5.10 Å². The summed E-state index contributed by atoms with van der Waals surface area (Å²) < 4.78 is 0. The smallest absolute Gasteiger partial charge is 0.269 e. The summed E-state index contributed by atoms with van der Waals surface area (Å²) in [6.45, 7) is 0. The Kier molecular flexibility index (Phi) is 6.06. The summed E-state index contributed by atoms with van der Waals surface area (Å²) >= 11 is 0. The first-order chi connectivity index (χ1) is 10.6. The Morgan fingerprint density at radius 3 is 2.27 bits per heavy atom. The number of benzene rings is 1. The fourth-order valence-corrected chi connectivity index (χ4v) is 2.53. The van der Waals surface area contributed by atoms with Crippen molar-refractivity contribution in [1.82, 2.24) is 5.43 Å². The molecule has 0 aromatic heterocycles. The Bertz CT molecular complexity index is 542. The molecule has 0 bridgehead atoms. The zero-order chi connectivity index (χ0) is 15.8. The van der Waals surface area contributed by atoms with Crippen molar-refractivity contribution in [1.29, 1.82) is 0 Å². The predicted molar refractivity (Wildman–Crippen MR) is 84.7 cm³/mol. The fourth-order valence-electron chi connectivity index (χ4n) is 2.53. The number of hydrazone groups is 1. The van der Waals surface area contributed by atoms with E-state index in [2.05, 4.69) is 10.5 Å². The fraction of sp³-hybridized carbons (Fsp3) is 0.500. The molecule has 1 fully saturated rings. The van der Waals surface area contributed by atoms with Crippen LogP contribution in [0.25, 0.3) is 0 Å². The highest BCUT2D eigenvalue weighted by molar-refractivity contribution is 5.86. The van der Waals surface area contributed by atoms with Crippen LogP contribution in [0.1, 0.15) is 50.5 Å². The number of hydrogen-bond donors (Lipinski definition) is 1. The quantitative estimate of drug-likeness (QED) is 0.683. The van der Waals surface area contributed by atoms with Gasteiger partial charge in [0.15, 0.2) is 0 Å². The Morgan fingerprint density at radius 2 is 1.68 bits per heavy atom. The van der Waals surface area contributed by atoms with E-state index < -0.39 is 4.92 Å². The third kappa shape index (κ3) is 5.27. The SMILES string of the molecule is O=C(Cc1ccc([N+](=O)[O-])cc1)NN=C1CCCCCCC1. The highest BCUT2D eigenvalue weighted by Gasteiger charge is 2.08. The lowest BCUT2D eigenvalue weighted by Gasteiger charge is -2.10. The zero-order valence-corrected chi connectivity index (χ0v) is 12.6. The first-order valence-corrected chi connectivity index (χ1v) is 7.73. The van der Waals surface area contributed by atoms with Crippen molar-refractivity contribution in [3.63, 3.8) is 0 Å². The minimum Gasteiger partial charge on any atom is -0.273 e. The molecule has 1 aliphatic carbocycles. The van der Waals surface area contributed by atoms with Crippen molar-refractivity contribution in [2.45, 2.75) is 51.4 Å². The number of hydrogen-bond acceptors (Lipinski definition) is 4. The maximum Gasteiger partial charge on any atom is 0.269 e. The van der Waals surface area contributed by atoms with Crippen molar-refractivity contribution >= 4 is 17.3 Å². The third-order valence-corrected chi connectivity index (χ3v) is 3.78. The van der Waals surface area contributed by atoms with Crippen molar-refractivity contribution < 1.29 is 9.72 Å². The first-order valence-electron chi connectivity index (χ1n) is 7.73. The molecular weight excluding hydrogens is 282 g/mol. The van der Waals surface area contributed by atoms with Crippen LogP contribution in [-0.2, 0) is 11.2 Å². The van der Waals surface area contributed by atoms with Crippen molar-refractivity contribution in [3.05, 3.63) is 39.9 Å². The van der Waals surface area contributed by atoms with E-state index in [1.165, 1.54) is 31.4 Å². The average Bonchev–Trinajstić information content (AvgIpc) is 2.46. The lowest BCUT2D eigenvalue weighted by Crippen LogP contribution is -2.22. The molecule has 6 heteroatoms. The molecule has 0 radical (unpaired) electrons. The van der Waals surface area contributed by atoms with Gasteiger partial charge in [-0.1, -0.05) is 31.4 Å². The number of rotatable bonds is 4. The molecular formula is C16H21N3O3. The summed E-state index contributed by atoms with van der Waals surface area (Å²) in [5.41, 5.74) is 4.43. The van der Waals surface area contributed by atoms with Gasteiger partial charge in [-0.3, -0.25) is 14.9 Å². The van der Waals surface area contributed by atoms with Crippen LogP contribution in [0.3, 0.4) is 0 Å². The summed E-state index contributed by atoms with van der Waals surface area (Å²) in [6, 6.07) is 6.01. The number of amides is 1. The predicted octanol–water partition coefficient (Wildman–Crippen LogP) is 3.35. The second kappa shape index (κ2) is 8.26. The second-order valence-electron chi connectivity index (χ2n) is 5.58. The molecule has 118 valence electrons. The van der Waals surface area contributed by atoms with Crippen molar-refractivity contribution in [2.75, 3.05) is 0 Å². The molecule has 0 spiro atoms. The third-order valence-electron chi connectivity index (χ3n) is 3.78. The molecule has 2 rings (SSSR count). The van der Waals surface area contributed by atoms with Gasteiger partial charge in [-0.15, -0.1) is 0 Å². The van der Waals surface area contributed by atoms with Crippen LogP contribution in [0.4, 0.5) is 5.69 Å². The van der Waals surface area contributed by atoms with E-state index in [0.29, 0.717) is 0 Å². The minimum absolute atomic E-state index is 0.0268. The molecule has 1 N–H and O–H groups in total. The number of nitrogens with one attached hydrogen (secondary N) is 1. The lowest BCUT2D eigenvalue weighted by molar-refractivity contribution is -0.384. The lowest BCUT2D eigenvalue weighted by atomic mass is 9.99. The van der Waals surface area contributed by atoms with E-state index in [1.807, 2.05) is 0 Å². The number of nitro benzene ring substituents is 1. The standard InChI is InChI=1S/C16H21N3O3/c20-16(12-13-8-10-15(11-9-13)19(21)22)18-17-14-6-4-2-1-3-5-7-14/h8-11H,1-7,12H2,(H,18,20). The van der Waals surface area contributed by atoms with Crippen molar-refractivity contribution in [3.8, 4) is 0 Å². The molecule has 0 unspecified atom stereocenters. The summed E-state index contributed by atoms with van der Waals surface area (Å²) in [6.07, 6.45) is 8.11. The van der Waals surface area contributed by atoms with E-state index >= 15 is 0 Å². The number of non-ortho nitro benzene ring substituents is 1. The number of carbonyl (C=O) groups is 1. The molecule has 0 heterocycles. The molecule has 22 heavy (non-hydrogen) atoms. The van der Waals surface area contributed by atoms with Gasteiger partial charge in [0.2, 0.25) is 5.91 Å². The van der Waals surface area contributed by atoms with Gasteiger partial charge in [0.05, 0.1) is 11.3 Å². The monoisotopic (exact) mass is 303 g/mol. The molecule has 0 atom stereocenters. The number of carbonyl (C=O) groups excluding carboxylic acids is 1. The van der Waals surface area contributed by atoms with E-state index in [4.69, 9.17) is 0 Å². The molecule has 0 aliphatic heterocycles. The molecule has 1 amide bonds. The average molecular weight is 303 g/mol. The van der Waals surface area contributed by atoms with Gasteiger partial charge in [0.1, 0.15) is 0 Å². The summed E-state index contributed by atoms with van der Waals surface area (Å²) in [7, 11) is 0. The van der Waals surface area contributed by atoms with Crippen LogP contribution in [0, 0.1) is 10.1 Å². The van der Waals surface area contributed by atoms with Crippen LogP contribution < -0.4 is 5.43 Å². The number of nitrogens with zero attached hydrogens (tertiary/aromatic N) is 2. The maximum absolute atomic E-state index is 11.9. The van der Waals surface area contributed by atoms with Crippen molar-refractivity contribution in [2.24, 2.45) is 5.10 Å². The Balaban J connectivity index is 1.85. The first kappa shape index (κ1) is 16.1. The number of nitro groups is 1. The van der Waals surface area contributed by atoms with E-state index in [9.17, 15) is 14.9 Å². The highest BCUT2D eigenvalue weighted by atomic mass is 16.6. The van der Waals surface area contributed by atoms with Crippen LogP contribution in [0.2, 0.25) is 0 Å². The Labute approximate surface area is 129 Å². The molecule has 1 saturated carbocycles. The van der Waals surface area contributed by atoms with Gasteiger partial charge < -0.3 is 0 Å². The zero-order valence-electron chi connectivity index (χ0n) is 12.6. The van der Waals surface area contributed by atoms with Crippen LogP contribution in [0.15, 0.2) is 29.4 Å². The van der Waals surface area contributed by atoms with E-state index in [-0.39, 0.29) is 18.0 Å². The molecule has 1 aromatic carbocycles. The highest BCUT2D eigenvalue weighted by Crippen LogP contribution is 2.15. The van der Waals surface area contributed by atoms with E-state index in [1.54, 1.807) is 12.1 Å². The van der Waals surface area contributed by atoms with Gasteiger partial charge in [-0.05, 0) is 31.2 Å². The van der Waals surface area contributed by atoms with Crippen LogP contribution in [0.5, 0.6) is 0 Å². The topological polar surface area (TPSA) is 84.6 Å².